The molecule has 0 amide bonds. The maximum Gasteiger partial charge on any atom is 0.0201 e. The summed E-state index contributed by atoms with van der Waals surface area (Å²) in [4.78, 5) is 2.42. The van der Waals surface area contributed by atoms with E-state index >= 15 is 0 Å². The van der Waals surface area contributed by atoms with E-state index in [2.05, 4.69) is 25.8 Å². The molecule has 70 valence electrons. The van der Waals surface area contributed by atoms with Crippen molar-refractivity contribution >= 4 is 0 Å². The van der Waals surface area contributed by atoms with Crippen molar-refractivity contribution in [2.75, 3.05) is 33.2 Å². The summed E-state index contributed by atoms with van der Waals surface area (Å²) in [6, 6.07) is 0. The Morgan fingerprint density at radius 3 is 1.83 bits per heavy atom. The number of rotatable bonds is 0. The molecule has 0 saturated carbocycles. The number of fused-ring (bicyclic) bond motifs is 1. The van der Waals surface area contributed by atoms with Gasteiger partial charge in [0.1, 0.15) is 0 Å². The molecule has 0 spiro atoms. The third-order valence-corrected chi connectivity index (χ3v) is 3.80. The first-order valence-electron chi connectivity index (χ1n) is 4.63. The second kappa shape index (κ2) is 2.22. The molecule has 2 aliphatic heterocycles. The maximum atomic E-state index is 5.86. The zero-order valence-corrected chi connectivity index (χ0v) is 8.30. The summed E-state index contributed by atoms with van der Waals surface area (Å²) < 4.78 is 0. The minimum Gasteiger partial charge on any atom is -0.305 e. The van der Waals surface area contributed by atoms with Crippen LogP contribution in [0.15, 0.2) is 0 Å². The highest BCUT2D eigenvalue weighted by Crippen LogP contribution is 2.49. The van der Waals surface area contributed by atoms with Gasteiger partial charge >= 0.3 is 0 Å². The Kier molecular flexibility index (Phi) is 1.57. The van der Waals surface area contributed by atoms with Gasteiger partial charge in [-0.3, -0.25) is 5.84 Å². The van der Waals surface area contributed by atoms with E-state index in [0.717, 1.165) is 13.1 Å². The van der Waals surface area contributed by atoms with Gasteiger partial charge in [0.25, 0.3) is 0 Å². The van der Waals surface area contributed by atoms with Crippen molar-refractivity contribution in [3.63, 3.8) is 0 Å². The van der Waals surface area contributed by atoms with Crippen molar-refractivity contribution in [2.24, 2.45) is 16.7 Å². The average molecular weight is 169 g/mol. The quantitative estimate of drug-likeness (QED) is 0.523. The van der Waals surface area contributed by atoms with E-state index in [0.29, 0.717) is 10.8 Å². The summed E-state index contributed by atoms with van der Waals surface area (Å²) in [6.07, 6.45) is 0. The van der Waals surface area contributed by atoms with Crippen molar-refractivity contribution < 1.29 is 0 Å². The second-order valence-corrected chi connectivity index (χ2v) is 5.20. The fourth-order valence-electron chi connectivity index (χ4n) is 3.06. The van der Waals surface area contributed by atoms with Crippen LogP contribution in [-0.2, 0) is 0 Å². The molecule has 2 heterocycles. The molecule has 2 fully saturated rings. The molecule has 12 heavy (non-hydrogen) atoms. The lowest BCUT2D eigenvalue weighted by atomic mass is 9.71. The number of likely N-dealkylation sites (tertiary alicyclic amines) is 1. The first-order valence-corrected chi connectivity index (χ1v) is 4.63. The molecule has 3 heteroatoms. The van der Waals surface area contributed by atoms with Gasteiger partial charge in [-0.15, -0.1) is 0 Å². The molecule has 2 atom stereocenters. The smallest absolute Gasteiger partial charge is 0.0201 e. The Labute approximate surface area is 74.5 Å². The summed E-state index contributed by atoms with van der Waals surface area (Å²) >= 11 is 0. The number of hydrazine groups is 1. The molecule has 0 aromatic heterocycles. The highest BCUT2D eigenvalue weighted by molar-refractivity contribution is 5.07. The predicted molar refractivity (Wildman–Crippen MR) is 49.5 cm³/mol. The third kappa shape index (κ3) is 0.934. The summed E-state index contributed by atoms with van der Waals surface area (Å²) in [7, 11) is 2.20. The zero-order valence-electron chi connectivity index (χ0n) is 8.30. The molecule has 0 aromatic rings. The molecule has 2 rings (SSSR count). The van der Waals surface area contributed by atoms with Gasteiger partial charge in [-0.1, -0.05) is 13.8 Å². The molecule has 0 radical (unpaired) electrons. The maximum absolute atomic E-state index is 5.86. The molecule has 2 unspecified atom stereocenters. The Balaban J connectivity index is 2.27. The average Bonchev–Trinajstić information content (AvgIpc) is 2.09. The van der Waals surface area contributed by atoms with E-state index in [1.54, 1.807) is 0 Å². The van der Waals surface area contributed by atoms with E-state index in [-0.39, 0.29) is 0 Å². The fourth-order valence-corrected chi connectivity index (χ4v) is 3.06. The summed E-state index contributed by atoms with van der Waals surface area (Å²) in [6.45, 7) is 9.21. The van der Waals surface area contributed by atoms with Crippen LogP contribution >= 0.6 is 0 Å². The van der Waals surface area contributed by atoms with E-state index in [1.165, 1.54) is 13.1 Å². The molecule has 2 aliphatic rings. The molecule has 0 aromatic carbocycles. The normalized spacial score (nSPS) is 50.0. The van der Waals surface area contributed by atoms with Crippen LogP contribution in [0, 0.1) is 10.8 Å². The van der Waals surface area contributed by atoms with Crippen LogP contribution < -0.4 is 5.84 Å². The first-order chi connectivity index (χ1) is 5.45. The highest BCUT2D eigenvalue weighted by atomic mass is 15.4. The zero-order chi connectivity index (χ0) is 8.98. The standard InChI is InChI=1S/C9H19N3/c1-8-4-11(3)5-9(8,2)7-12(10)6-8/h4-7,10H2,1-3H3. The van der Waals surface area contributed by atoms with E-state index in [9.17, 15) is 0 Å². The Bertz CT molecular complexity index is 168. The lowest BCUT2D eigenvalue weighted by Gasteiger charge is -2.30. The molecule has 2 saturated heterocycles. The van der Waals surface area contributed by atoms with Gasteiger partial charge in [0.2, 0.25) is 0 Å². The molecule has 0 bridgehead atoms. The molecular weight excluding hydrogens is 150 g/mol. The Morgan fingerprint density at radius 2 is 1.42 bits per heavy atom. The van der Waals surface area contributed by atoms with Gasteiger partial charge in [0.15, 0.2) is 0 Å². The minimum atomic E-state index is 0.413. The lowest BCUT2D eigenvalue weighted by Crippen LogP contribution is -2.34. The monoisotopic (exact) mass is 169 g/mol. The van der Waals surface area contributed by atoms with E-state index in [4.69, 9.17) is 5.84 Å². The van der Waals surface area contributed by atoms with Crippen LogP contribution in [0.2, 0.25) is 0 Å². The molecule has 3 nitrogen and oxygen atoms in total. The van der Waals surface area contributed by atoms with Gasteiger partial charge in [0, 0.05) is 37.0 Å². The van der Waals surface area contributed by atoms with Gasteiger partial charge in [-0.2, -0.15) is 0 Å². The van der Waals surface area contributed by atoms with Crippen molar-refractivity contribution in [1.82, 2.24) is 9.91 Å². The highest BCUT2D eigenvalue weighted by Gasteiger charge is 2.55. The van der Waals surface area contributed by atoms with E-state index in [1.807, 2.05) is 5.01 Å². The van der Waals surface area contributed by atoms with Crippen LogP contribution in [0.3, 0.4) is 0 Å². The van der Waals surface area contributed by atoms with Crippen molar-refractivity contribution in [2.45, 2.75) is 13.8 Å². The van der Waals surface area contributed by atoms with Crippen molar-refractivity contribution in [1.29, 1.82) is 0 Å². The molecular formula is C9H19N3. The van der Waals surface area contributed by atoms with Gasteiger partial charge in [-0.05, 0) is 7.05 Å². The number of nitrogens with zero attached hydrogens (tertiary/aromatic N) is 2. The topological polar surface area (TPSA) is 32.5 Å². The largest absolute Gasteiger partial charge is 0.305 e. The van der Waals surface area contributed by atoms with Crippen molar-refractivity contribution in [3.8, 4) is 0 Å². The summed E-state index contributed by atoms with van der Waals surface area (Å²) in [5, 5.41) is 1.98. The number of hydrogen-bond acceptors (Lipinski definition) is 3. The number of nitrogens with two attached hydrogens (primary N) is 1. The van der Waals surface area contributed by atoms with Crippen molar-refractivity contribution in [3.05, 3.63) is 0 Å². The minimum absolute atomic E-state index is 0.413. The lowest BCUT2D eigenvalue weighted by molar-refractivity contribution is 0.212. The van der Waals surface area contributed by atoms with Crippen LogP contribution in [0.25, 0.3) is 0 Å². The SMILES string of the molecule is CN1CC2(C)CN(N)CC2(C)C1. The van der Waals surface area contributed by atoms with Gasteiger partial charge in [-0.25, -0.2) is 5.01 Å². The van der Waals surface area contributed by atoms with Crippen LogP contribution in [0.5, 0.6) is 0 Å². The van der Waals surface area contributed by atoms with E-state index < -0.39 is 0 Å². The molecule has 0 aliphatic carbocycles. The third-order valence-electron chi connectivity index (χ3n) is 3.80. The Hall–Kier alpha value is -0.120. The second-order valence-electron chi connectivity index (χ2n) is 5.20. The summed E-state index contributed by atoms with van der Waals surface area (Å²) in [5.41, 5.74) is 0.826. The van der Waals surface area contributed by atoms with Gasteiger partial charge < -0.3 is 4.90 Å². The molecule has 2 N–H and O–H groups in total. The fraction of sp³-hybridized carbons (Fsp3) is 1.00. The summed E-state index contributed by atoms with van der Waals surface area (Å²) in [5.74, 6) is 5.86. The van der Waals surface area contributed by atoms with Gasteiger partial charge in [0.05, 0.1) is 0 Å². The number of hydrogen-bond donors (Lipinski definition) is 1. The Morgan fingerprint density at radius 1 is 1.00 bits per heavy atom. The predicted octanol–water partition coefficient (Wildman–Crippen LogP) is 0.134. The first kappa shape index (κ1) is 8.48. The van der Waals surface area contributed by atoms with Crippen LogP contribution in [0.4, 0.5) is 0 Å². The van der Waals surface area contributed by atoms with Crippen LogP contribution in [-0.4, -0.2) is 43.1 Å². The van der Waals surface area contributed by atoms with Crippen LogP contribution in [0.1, 0.15) is 13.8 Å².